The van der Waals surface area contributed by atoms with Crippen LogP contribution >= 0.6 is 23.2 Å². The molecule has 0 bridgehead atoms. The minimum atomic E-state index is -0.391. The molecular formula is C14H18Cl2N2O. The number of carbonyl (C=O) groups excluding carboxylic acids is 1. The Bertz CT molecular complexity index is 497. The van der Waals surface area contributed by atoms with Crippen LogP contribution in [0.25, 0.3) is 0 Å². The molecule has 0 spiro atoms. The molecule has 1 amide bonds. The average Bonchev–Trinajstić information content (AvgIpc) is 3.05. The Morgan fingerprint density at radius 1 is 1.47 bits per heavy atom. The zero-order valence-electron chi connectivity index (χ0n) is 11.0. The molecule has 0 radical (unpaired) electrons. The molecule has 3 nitrogen and oxygen atoms in total. The number of carbonyl (C=O) groups is 1. The molecule has 2 rings (SSSR count). The molecule has 1 aromatic rings. The van der Waals surface area contributed by atoms with Crippen LogP contribution in [-0.2, 0) is 4.79 Å². The van der Waals surface area contributed by atoms with Crippen molar-refractivity contribution in [1.82, 2.24) is 5.32 Å². The summed E-state index contributed by atoms with van der Waals surface area (Å²) >= 11 is 12.0. The van der Waals surface area contributed by atoms with Crippen molar-refractivity contribution in [2.24, 2.45) is 11.7 Å². The van der Waals surface area contributed by atoms with Crippen molar-refractivity contribution in [1.29, 1.82) is 0 Å². The Morgan fingerprint density at radius 2 is 2.16 bits per heavy atom. The molecule has 2 atom stereocenters. The summed E-state index contributed by atoms with van der Waals surface area (Å²) in [7, 11) is 0. The Morgan fingerprint density at radius 3 is 2.74 bits per heavy atom. The van der Waals surface area contributed by atoms with Gasteiger partial charge in [-0.05, 0) is 43.9 Å². The van der Waals surface area contributed by atoms with E-state index in [0.717, 1.165) is 12.0 Å². The van der Waals surface area contributed by atoms with E-state index in [9.17, 15) is 4.79 Å². The first-order valence-corrected chi connectivity index (χ1v) is 7.05. The van der Waals surface area contributed by atoms with Gasteiger partial charge in [-0.25, -0.2) is 0 Å². The molecule has 1 saturated carbocycles. The molecule has 1 aromatic carbocycles. The topological polar surface area (TPSA) is 55.1 Å². The molecular weight excluding hydrogens is 283 g/mol. The van der Waals surface area contributed by atoms with E-state index >= 15 is 0 Å². The van der Waals surface area contributed by atoms with Gasteiger partial charge in [0.05, 0.1) is 0 Å². The van der Waals surface area contributed by atoms with E-state index in [4.69, 9.17) is 28.9 Å². The lowest BCUT2D eigenvalue weighted by Gasteiger charge is -2.18. The second-order valence-corrected chi connectivity index (χ2v) is 6.66. The minimum Gasteiger partial charge on any atom is -0.354 e. The highest BCUT2D eigenvalue weighted by molar-refractivity contribution is 6.35. The van der Waals surface area contributed by atoms with Crippen LogP contribution in [-0.4, -0.2) is 18.0 Å². The fraction of sp³-hybridized carbons (Fsp3) is 0.500. The highest BCUT2D eigenvalue weighted by Crippen LogP contribution is 2.50. The number of nitrogens with one attached hydrogen (secondary N) is 1. The molecule has 0 aromatic heterocycles. The van der Waals surface area contributed by atoms with Crippen LogP contribution in [0.3, 0.4) is 0 Å². The Hall–Kier alpha value is -0.770. The number of hydrogen-bond donors (Lipinski definition) is 2. The molecule has 0 aliphatic heterocycles. The second kappa shape index (κ2) is 5.31. The van der Waals surface area contributed by atoms with E-state index in [0.29, 0.717) is 16.6 Å². The highest BCUT2D eigenvalue weighted by Gasteiger charge is 2.44. The molecule has 1 aliphatic carbocycles. The number of amides is 1. The predicted molar refractivity (Wildman–Crippen MR) is 78.6 cm³/mol. The van der Waals surface area contributed by atoms with Crippen molar-refractivity contribution in [3.63, 3.8) is 0 Å². The number of benzene rings is 1. The highest BCUT2D eigenvalue weighted by atomic mass is 35.5. The van der Waals surface area contributed by atoms with E-state index in [2.05, 4.69) is 5.32 Å². The largest absolute Gasteiger partial charge is 0.354 e. The molecule has 0 saturated heterocycles. The fourth-order valence-corrected chi connectivity index (χ4v) is 2.63. The van der Waals surface area contributed by atoms with Crippen LogP contribution < -0.4 is 11.1 Å². The van der Waals surface area contributed by atoms with Gasteiger partial charge in [0.25, 0.3) is 0 Å². The van der Waals surface area contributed by atoms with Gasteiger partial charge in [-0.2, -0.15) is 0 Å². The summed E-state index contributed by atoms with van der Waals surface area (Å²) in [5.41, 5.74) is 6.45. The van der Waals surface area contributed by atoms with E-state index < -0.39 is 5.54 Å². The summed E-state index contributed by atoms with van der Waals surface area (Å²) in [6.07, 6.45) is 0.832. The van der Waals surface area contributed by atoms with Gasteiger partial charge in [0, 0.05) is 28.0 Å². The summed E-state index contributed by atoms with van der Waals surface area (Å²) in [5.74, 6) is 0.251. The normalized spacial score (nSPS) is 22.2. The van der Waals surface area contributed by atoms with Gasteiger partial charge in [-0.3, -0.25) is 4.79 Å². The second-order valence-electron chi connectivity index (χ2n) is 5.82. The molecule has 3 N–H and O–H groups in total. The third-order valence-electron chi connectivity index (χ3n) is 3.21. The summed E-state index contributed by atoms with van der Waals surface area (Å²) in [4.78, 5) is 12.0. The predicted octanol–water partition coefficient (Wildman–Crippen LogP) is 2.95. The number of nitrogens with two attached hydrogens (primary N) is 1. The SMILES string of the molecule is CC(C)(N)CNC(=O)C1CC1c1ccc(Cl)cc1Cl. The Labute approximate surface area is 123 Å². The van der Waals surface area contributed by atoms with Gasteiger partial charge in [-0.15, -0.1) is 0 Å². The minimum absolute atomic E-state index is 0.000950. The molecule has 2 unspecified atom stereocenters. The molecule has 0 heterocycles. The molecule has 19 heavy (non-hydrogen) atoms. The van der Waals surface area contributed by atoms with E-state index in [-0.39, 0.29) is 17.7 Å². The van der Waals surface area contributed by atoms with Crippen LogP contribution in [0.5, 0.6) is 0 Å². The third kappa shape index (κ3) is 3.85. The van der Waals surface area contributed by atoms with Crippen molar-refractivity contribution in [3.8, 4) is 0 Å². The van der Waals surface area contributed by atoms with Crippen molar-refractivity contribution < 1.29 is 4.79 Å². The smallest absolute Gasteiger partial charge is 0.223 e. The Balaban J connectivity index is 1.95. The first-order valence-electron chi connectivity index (χ1n) is 6.29. The van der Waals surface area contributed by atoms with Gasteiger partial charge in [0.15, 0.2) is 0 Å². The fourth-order valence-electron chi connectivity index (χ4n) is 2.08. The quantitative estimate of drug-likeness (QED) is 0.898. The maximum atomic E-state index is 12.0. The lowest BCUT2D eigenvalue weighted by atomic mass is 10.1. The van der Waals surface area contributed by atoms with E-state index in [1.807, 2.05) is 19.9 Å². The molecule has 5 heteroatoms. The standard InChI is InChI=1S/C14H18Cl2N2O/c1-14(2,17)7-18-13(19)11-6-10(11)9-4-3-8(15)5-12(9)16/h3-5,10-11H,6-7,17H2,1-2H3,(H,18,19). The van der Waals surface area contributed by atoms with Gasteiger partial charge >= 0.3 is 0 Å². The number of halogens is 2. The van der Waals surface area contributed by atoms with Gasteiger partial charge in [0.2, 0.25) is 5.91 Å². The summed E-state index contributed by atoms with van der Waals surface area (Å²) < 4.78 is 0. The van der Waals surface area contributed by atoms with Gasteiger partial charge in [-0.1, -0.05) is 29.3 Å². The maximum absolute atomic E-state index is 12.0. The van der Waals surface area contributed by atoms with Crippen molar-refractivity contribution in [2.75, 3.05) is 6.54 Å². The van der Waals surface area contributed by atoms with E-state index in [1.165, 1.54) is 0 Å². The number of rotatable bonds is 4. The average molecular weight is 301 g/mol. The summed E-state index contributed by atoms with van der Waals surface area (Å²) in [6.45, 7) is 4.24. The van der Waals surface area contributed by atoms with Crippen LogP contribution in [0.2, 0.25) is 10.0 Å². The monoisotopic (exact) mass is 300 g/mol. The van der Waals surface area contributed by atoms with Gasteiger partial charge < -0.3 is 11.1 Å². The molecule has 1 aliphatic rings. The van der Waals surface area contributed by atoms with Crippen LogP contribution in [0.4, 0.5) is 0 Å². The van der Waals surface area contributed by atoms with Crippen LogP contribution in [0.1, 0.15) is 31.7 Å². The Kier molecular flexibility index (Phi) is 4.09. The van der Waals surface area contributed by atoms with Crippen molar-refractivity contribution in [3.05, 3.63) is 33.8 Å². The summed E-state index contributed by atoms with van der Waals surface area (Å²) in [6, 6.07) is 5.42. The van der Waals surface area contributed by atoms with E-state index in [1.54, 1.807) is 12.1 Å². The van der Waals surface area contributed by atoms with Crippen LogP contribution in [0.15, 0.2) is 18.2 Å². The van der Waals surface area contributed by atoms with Crippen molar-refractivity contribution in [2.45, 2.75) is 31.7 Å². The molecule has 104 valence electrons. The third-order valence-corrected chi connectivity index (χ3v) is 3.77. The summed E-state index contributed by atoms with van der Waals surface area (Å²) in [5, 5.41) is 4.12. The first-order chi connectivity index (χ1) is 8.78. The number of hydrogen-bond acceptors (Lipinski definition) is 2. The first kappa shape index (κ1) is 14.6. The lowest BCUT2D eigenvalue weighted by Crippen LogP contribution is -2.45. The lowest BCUT2D eigenvalue weighted by molar-refractivity contribution is -0.122. The zero-order chi connectivity index (χ0) is 14.2. The zero-order valence-corrected chi connectivity index (χ0v) is 12.6. The molecule has 1 fully saturated rings. The van der Waals surface area contributed by atoms with Crippen LogP contribution in [0, 0.1) is 5.92 Å². The van der Waals surface area contributed by atoms with Gasteiger partial charge in [0.1, 0.15) is 0 Å². The maximum Gasteiger partial charge on any atom is 0.223 e. The van der Waals surface area contributed by atoms with Crippen molar-refractivity contribution >= 4 is 29.1 Å².